The van der Waals surface area contributed by atoms with E-state index >= 15 is 0 Å². The van der Waals surface area contributed by atoms with Crippen LogP contribution in [0.25, 0.3) is 0 Å². The lowest BCUT2D eigenvalue weighted by Crippen LogP contribution is -2.45. The van der Waals surface area contributed by atoms with Crippen molar-refractivity contribution in [1.29, 1.82) is 0 Å². The Morgan fingerprint density at radius 1 is 1.11 bits per heavy atom. The smallest absolute Gasteiger partial charge is 0.319 e. The number of piperidine rings is 1. The van der Waals surface area contributed by atoms with E-state index in [2.05, 4.69) is 5.32 Å². The number of ether oxygens (including phenoxy) is 2. The number of hydrogen-bond acceptors (Lipinski definition) is 4. The maximum Gasteiger partial charge on any atom is 0.319 e. The number of hydrogen-bond donors (Lipinski definition) is 1. The van der Waals surface area contributed by atoms with Gasteiger partial charge < -0.3 is 24.6 Å². The van der Waals surface area contributed by atoms with E-state index in [0.29, 0.717) is 31.7 Å². The average molecular weight is 373 g/mol. The van der Waals surface area contributed by atoms with Gasteiger partial charge in [0.05, 0.1) is 0 Å². The van der Waals surface area contributed by atoms with Crippen molar-refractivity contribution >= 4 is 17.6 Å². The van der Waals surface area contributed by atoms with E-state index in [4.69, 9.17) is 9.47 Å². The van der Waals surface area contributed by atoms with Gasteiger partial charge in [0.15, 0.2) is 11.5 Å². The number of urea groups is 1. The monoisotopic (exact) mass is 373 g/mol. The summed E-state index contributed by atoms with van der Waals surface area (Å²) in [6.07, 6.45) is 5.42. The normalized spacial score (nSPS) is 20.7. The van der Waals surface area contributed by atoms with Crippen LogP contribution in [0.3, 0.4) is 0 Å². The molecule has 0 radical (unpaired) electrons. The molecule has 7 nitrogen and oxygen atoms in total. The SMILES string of the molecule is CN(C)C(=O)N1CCC(C(=O)Nc2ccc3c(c2)OC2(CCCC2)O3)CC1. The third-order valence-corrected chi connectivity index (χ3v) is 5.69. The van der Waals surface area contributed by atoms with Crippen molar-refractivity contribution in [2.75, 3.05) is 32.5 Å². The second-order valence-electron chi connectivity index (χ2n) is 7.91. The molecule has 2 fully saturated rings. The molecule has 1 aromatic rings. The fourth-order valence-electron chi connectivity index (χ4n) is 4.15. The van der Waals surface area contributed by atoms with E-state index in [1.165, 1.54) is 0 Å². The van der Waals surface area contributed by atoms with Crippen LogP contribution in [0.15, 0.2) is 18.2 Å². The van der Waals surface area contributed by atoms with Gasteiger partial charge in [-0.25, -0.2) is 4.79 Å². The van der Waals surface area contributed by atoms with Crippen molar-refractivity contribution < 1.29 is 19.1 Å². The second-order valence-corrected chi connectivity index (χ2v) is 7.91. The molecule has 1 saturated carbocycles. The molecule has 1 saturated heterocycles. The van der Waals surface area contributed by atoms with Crippen molar-refractivity contribution in [3.05, 3.63) is 18.2 Å². The minimum Gasteiger partial charge on any atom is -0.448 e. The number of anilines is 1. The van der Waals surface area contributed by atoms with Gasteiger partial charge in [-0.3, -0.25) is 4.79 Å². The summed E-state index contributed by atoms with van der Waals surface area (Å²) in [5.41, 5.74) is 0.726. The molecule has 0 aromatic heterocycles. The predicted octanol–water partition coefficient (Wildman–Crippen LogP) is 3.06. The Labute approximate surface area is 159 Å². The molecule has 2 aliphatic heterocycles. The summed E-state index contributed by atoms with van der Waals surface area (Å²) >= 11 is 0. The molecule has 1 aliphatic carbocycles. The van der Waals surface area contributed by atoms with Gasteiger partial charge in [0.1, 0.15) is 0 Å². The van der Waals surface area contributed by atoms with Gasteiger partial charge in [0.25, 0.3) is 5.79 Å². The number of carbonyl (C=O) groups excluding carboxylic acids is 2. The number of nitrogens with one attached hydrogen (secondary N) is 1. The molecule has 1 spiro atoms. The number of likely N-dealkylation sites (tertiary alicyclic amines) is 1. The predicted molar refractivity (Wildman–Crippen MR) is 101 cm³/mol. The minimum absolute atomic E-state index is 0.00129. The number of rotatable bonds is 2. The van der Waals surface area contributed by atoms with E-state index in [1.807, 2.05) is 18.2 Å². The molecule has 1 N–H and O–H groups in total. The van der Waals surface area contributed by atoms with Crippen molar-refractivity contribution in [2.45, 2.75) is 44.3 Å². The van der Waals surface area contributed by atoms with Crippen molar-refractivity contribution in [1.82, 2.24) is 9.80 Å². The molecular weight excluding hydrogens is 346 g/mol. The second kappa shape index (κ2) is 6.94. The molecular formula is C20H27N3O4. The van der Waals surface area contributed by atoms with Crippen LogP contribution >= 0.6 is 0 Å². The maximum atomic E-state index is 12.6. The van der Waals surface area contributed by atoms with Gasteiger partial charge in [-0.2, -0.15) is 0 Å². The number of carbonyl (C=O) groups is 2. The zero-order chi connectivity index (χ0) is 19.0. The van der Waals surface area contributed by atoms with E-state index in [-0.39, 0.29) is 17.9 Å². The molecule has 146 valence electrons. The Bertz CT molecular complexity index is 735. The summed E-state index contributed by atoms with van der Waals surface area (Å²) in [5.74, 6) is 0.896. The highest BCUT2D eigenvalue weighted by Crippen LogP contribution is 2.47. The fourth-order valence-corrected chi connectivity index (χ4v) is 4.15. The van der Waals surface area contributed by atoms with E-state index < -0.39 is 5.79 Å². The molecule has 0 unspecified atom stereocenters. The summed E-state index contributed by atoms with van der Waals surface area (Å²) < 4.78 is 12.1. The van der Waals surface area contributed by atoms with E-state index in [1.54, 1.807) is 23.9 Å². The summed E-state index contributed by atoms with van der Waals surface area (Å²) in [5, 5.41) is 3.00. The third kappa shape index (κ3) is 3.55. The summed E-state index contributed by atoms with van der Waals surface area (Å²) in [6.45, 7) is 1.22. The molecule has 27 heavy (non-hydrogen) atoms. The van der Waals surface area contributed by atoms with Crippen LogP contribution in [0.1, 0.15) is 38.5 Å². The van der Waals surface area contributed by atoms with Crippen molar-refractivity contribution in [3.8, 4) is 11.5 Å². The molecule has 2 heterocycles. The number of benzene rings is 1. The molecule has 3 amide bonds. The molecule has 0 atom stereocenters. The Kier molecular flexibility index (Phi) is 4.61. The number of amides is 3. The van der Waals surface area contributed by atoms with Crippen molar-refractivity contribution in [3.63, 3.8) is 0 Å². The topological polar surface area (TPSA) is 71.1 Å². The van der Waals surface area contributed by atoms with Gasteiger partial charge in [-0.05, 0) is 37.8 Å². The first kappa shape index (κ1) is 17.9. The molecule has 7 heteroatoms. The van der Waals surface area contributed by atoms with Crippen LogP contribution in [0.5, 0.6) is 11.5 Å². The summed E-state index contributed by atoms with van der Waals surface area (Å²) in [7, 11) is 3.49. The Balaban J connectivity index is 1.34. The fraction of sp³-hybridized carbons (Fsp3) is 0.600. The lowest BCUT2D eigenvalue weighted by molar-refractivity contribution is -0.121. The first-order valence-corrected chi connectivity index (χ1v) is 9.75. The standard InChI is InChI=1S/C20H27N3O4/c1-22(2)19(25)23-11-7-14(8-12-23)18(24)21-15-5-6-16-17(13-15)27-20(26-16)9-3-4-10-20/h5-6,13-14H,3-4,7-12H2,1-2H3,(H,21,24). The summed E-state index contributed by atoms with van der Waals surface area (Å²) in [4.78, 5) is 28.0. The Morgan fingerprint density at radius 2 is 1.78 bits per heavy atom. The third-order valence-electron chi connectivity index (χ3n) is 5.69. The quantitative estimate of drug-likeness (QED) is 0.865. The highest BCUT2D eigenvalue weighted by Gasteiger charge is 2.44. The zero-order valence-electron chi connectivity index (χ0n) is 16.0. The lowest BCUT2D eigenvalue weighted by Gasteiger charge is -2.33. The molecule has 4 rings (SSSR count). The molecule has 1 aromatic carbocycles. The van der Waals surface area contributed by atoms with Crippen LogP contribution in [0.2, 0.25) is 0 Å². The maximum absolute atomic E-state index is 12.6. The van der Waals surface area contributed by atoms with Crippen molar-refractivity contribution in [2.24, 2.45) is 5.92 Å². The van der Waals surface area contributed by atoms with Crippen LogP contribution in [0, 0.1) is 5.92 Å². The van der Waals surface area contributed by atoms with Gasteiger partial charge in [0, 0.05) is 57.7 Å². The van der Waals surface area contributed by atoms with Gasteiger partial charge >= 0.3 is 6.03 Å². The first-order chi connectivity index (χ1) is 13.0. The van der Waals surface area contributed by atoms with Crippen LogP contribution in [-0.2, 0) is 4.79 Å². The highest BCUT2D eigenvalue weighted by molar-refractivity contribution is 5.93. The van der Waals surface area contributed by atoms with Crippen LogP contribution in [0.4, 0.5) is 10.5 Å². The molecule has 0 bridgehead atoms. The van der Waals surface area contributed by atoms with Gasteiger partial charge in [-0.15, -0.1) is 0 Å². The molecule has 3 aliphatic rings. The minimum atomic E-state index is -0.489. The van der Waals surface area contributed by atoms with Crippen LogP contribution in [-0.4, -0.2) is 54.7 Å². The zero-order valence-corrected chi connectivity index (χ0v) is 16.0. The van der Waals surface area contributed by atoms with Gasteiger partial charge in [0.2, 0.25) is 5.91 Å². The summed E-state index contributed by atoms with van der Waals surface area (Å²) in [6, 6.07) is 5.59. The number of nitrogens with zero attached hydrogens (tertiary/aromatic N) is 2. The largest absolute Gasteiger partial charge is 0.448 e. The van der Waals surface area contributed by atoms with E-state index in [9.17, 15) is 9.59 Å². The number of fused-ring (bicyclic) bond motifs is 1. The lowest BCUT2D eigenvalue weighted by atomic mass is 9.96. The first-order valence-electron chi connectivity index (χ1n) is 9.75. The van der Waals surface area contributed by atoms with Crippen LogP contribution < -0.4 is 14.8 Å². The average Bonchev–Trinajstić information content (AvgIpc) is 3.26. The Hall–Kier alpha value is -2.44. The highest BCUT2D eigenvalue weighted by atomic mass is 16.7. The van der Waals surface area contributed by atoms with Gasteiger partial charge in [-0.1, -0.05) is 0 Å². The van der Waals surface area contributed by atoms with E-state index in [0.717, 1.165) is 37.1 Å². The Morgan fingerprint density at radius 3 is 2.44 bits per heavy atom.